The summed E-state index contributed by atoms with van der Waals surface area (Å²) in [5, 5.41) is 13.0. The molecule has 2 aromatic carbocycles. The number of carboxylic acids is 1. The first kappa shape index (κ1) is 26.2. The van der Waals surface area contributed by atoms with Gasteiger partial charge in [0.25, 0.3) is 0 Å². The molecular weight excluding hydrogens is 490 g/mol. The molecule has 3 aromatic rings. The Balaban J connectivity index is 1.49. The standard InChI is InChI=1S/C28H30ClN5O3/c1-33(2)27-23(18-26(36)37)28(34-15-3-4-16-34)32-24(31-27)17-20-7-12-22(13-8-20)30-25(35)14-9-19-5-10-21(29)11-6-19/h5-14H,3-4,15-18H2,1-2H3,(H,30,35)(H,36,37)/b14-9+. The first-order valence-corrected chi connectivity index (χ1v) is 12.5. The maximum atomic E-state index is 12.3. The molecule has 0 unspecified atom stereocenters. The van der Waals surface area contributed by atoms with Crippen LogP contribution >= 0.6 is 11.6 Å². The molecule has 0 saturated carbocycles. The molecule has 2 heterocycles. The number of anilines is 3. The van der Waals surface area contributed by atoms with E-state index in [0.29, 0.717) is 40.2 Å². The van der Waals surface area contributed by atoms with Gasteiger partial charge in [-0.15, -0.1) is 0 Å². The van der Waals surface area contributed by atoms with E-state index in [1.807, 2.05) is 55.4 Å². The zero-order valence-electron chi connectivity index (χ0n) is 20.9. The average Bonchev–Trinajstić information content (AvgIpc) is 3.40. The zero-order chi connectivity index (χ0) is 26.4. The highest BCUT2D eigenvalue weighted by Gasteiger charge is 2.24. The topological polar surface area (TPSA) is 98.7 Å². The minimum Gasteiger partial charge on any atom is -0.481 e. The monoisotopic (exact) mass is 519 g/mol. The van der Waals surface area contributed by atoms with Crippen LogP contribution in [0.2, 0.25) is 5.02 Å². The van der Waals surface area contributed by atoms with E-state index >= 15 is 0 Å². The normalized spacial score (nSPS) is 13.2. The summed E-state index contributed by atoms with van der Waals surface area (Å²) in [5.74, 6) is 0.838. The Bertz CT molecular complexity index is 1280. The molecule has 8 nitrogen and oxygen atoms in total. The zero-order valence-corrected chi connectivity index (χ0v) is 21.7. The molecule has 0 bridgehead atoms. The Morgan fingerprint density at radius 2 is 1.73 bits per heavy atom. The number of amides is 1. The molecule has 1 saturated heterocycles. The van der Waals surface area contributed by atoms with Gasteiger partial charge >= 0.3 is 5.97 Å². The summed E-state index contributed by atoms with van der Waals surface area (Å²) in [5.41, 5.74) is 3.19. The van der Waals surface area contributed by atoms with Crippen molar-refractivity contribution in [2.75, 3.05) is 42.3 Å². The van der Waals surface area contributed by atoms with Crippen molar-refractivity contribution < 1.29 is 14.7 Å². The van der Waals surface area contributed by atoms with Crippen LogP contribution in [0.1, 0.15) is 35.4 Å². The van der Waals surface area contributed by atoms with Crippen LogP contribution in [0, 0.1) is 0 Å². The average molecular weight is 520 g/mol. The number of aliphatic carboxylic acids is 1. The minimum absolute atomic E-state index is 0.125. The summed E-state index contributed by atoms with van der Waals surface area (Å²) >= 11 is 5.89. The lowest BCUT2D eigenvalue weighted by Crippen LogP contribution is -2.26. The summed E-state index contributed by atoms with van der Waals surface area (Å²) in [6.45, 7) is 1.72. The highest BCUT2D eigenvalue weighted by molar-refractivity contribution is 6.30. The van der Waals surface area contributed by atoms with Gasteiger partial charge in [0, 0.05) is 56.0 Å². The van der Waals surface area contributed by atoms with Crippen LogP contribution in [0.15, 0.2) is 54.6 Å². The lowest BCUT2D eigenvalue weighted by atomic mass is 10.1. The Morgan fingerprint density at radius 3 is 2.35 bits per heavy atom. The molecule has 2 N–H and O–H groups in total. The quantitative estimate of drug-likeness (QED) is 0.396. The van der Waals surface area contributed by atoms with Crippen molar-refractivity contribution in [3.05, 3.63) is 82.1 Å². The maximum absolute atomic E-state index is 12.3. The van der Waals surface area contributed by atoms with Gasteiger partial charge < -0.3 is 20.2 Å². The molecule has 1 aliphatic rings. The molecule has 9 heteroatoms. The van der Waals surface area contributed by atoms with Crippen molar-refractivity contribution in [2.45, 2.75) is 25.7 Å². The van der Waals surface area contributed by atoms with E-state index < -0.39 is 5.97 Å². The van der Waals surface area contributed by atoms with Crippen LogP contribution in [0.4, 0.5) is 17.3 Å². The fourth-order valence-electron chi connectivity index (χ4n) is 4.27. The van der Waals surface area contributed by atoms with E-state index in [2.05, 4.69) is 10.2 Å². The van der Waals surface area contributed by atoms with Gasteiger partial charge in [0.2, 0.25) is 5.91 Å². The second-order valence-corrected chi connectivity index (χ2v) is 9.61. The number of nitrogens with zero attached hydrogens (tertiary/aromatic N) is 4. The Kier molecular flexibility index (Phi) is 8.40. The molecule has 0 aliphatic carbocycles. The Hall–Kier alpha value is -3.91. The highest BCUT2D eigenvalue weighted by atomic mass is 35.5. The second kappa shape index (κ2) is 11.9. The number of carbonyl (C=O) groups is 2. The van der Waals surface area contributed by atoms with Crippen LogP contribution in [-0.2, 0) is 22.4 Å². The van der Waals surface area contributed by atoms with E-state index in [9.17, 15) is 14.7 Å². The first-order chi connectivity index (χ1) is 17.8. The Labute approximate surface area is 221 Å². The molecule has 192 valence electrons. The number of aromatic nitrogens is 2. The van der Waals surface area contributed by atoms with Crippen molar-refractivity contribution >= 4 is 46.9 Å². The Morgan fingerprint density at radius 1 is 1.05 bits per heavy atom. The van der Waals surface area contributed by atoms with Crippen LogP contribution in [0.25, 0.3) is 6.08 Å². The number of hydrogen-bond donors (Lipinski definition) is 2. The number of carbonyl (C=O) groups excluding carboxylic acids is 1. The van der Waals surface area contributed by atoms with Gasteiger partial charge in [-0.2, -0.15) is 0 Å². The van der Waals surface area contributed by atoms with Crippen LogP contribution in [0.3, 0.4) is 0 Å². The van der Waals surface area contributed by atoms with Gasteiger partial charge in [-0.3, -0.25) is 9.59 Å². The van der Waals surface area contributed by atoms with Gasteiger partial charge in [0.15, 0.2) is 0 Å². The van der Waals surface area contributed by atoms with E-state index in [4.69, 9.17) is 21.6 Å². The second-order valence-electron chi connectivity index (χ2n) is 9.17. The fraction of sp³-hybridized carbons (Fsp3) is 0.286. The van der Waals surface area contributed by atoms with Gasteiger partial charge in [-0.05, 0) is 54.3 Å². The molecule has 1 aliphatic heterocycles. The lowest BCUT2D eigenvalue weighted by molar-refractivity contribution is -0.136. The highest BCUT2D eigenvalue weighted by Crippen LogP contribution is 2.30. The summed E-state index contributed by atoms with van der Waals surface area (Å²) in [4.78, 5) is 37.4. The van der Waals surface area contributed by atoms with Crippen molar-refractivity contribution in [1.82, 2.24) is 9.97 Å². The van der Waals surface area contributed by atoms with Gasteiger partial charge in [-0.1, -0.05) is 35.9 Å². The molecule has 1 fully saturated rings. The maximum Gasteiger partial charge on any atom is 0.308 e. The van der Waals surface area contributed by atoms with Crippen LogP contribution < -0.4 is 15.1 Å². The molecule has 1 aromatic heterocycles. The molecule has 0 radical (unpaired) electrons. The number of benzene rings is 2. The minimum atomic E-state index is -0.902. The van der Waals surface area contributed by atoms with E-state index in [-0.39, 0.29) is 12.3 Å². The largest absolute Gasteiger partial charge is 0.481 e. The summed E-state index contributed by atoms with van der Waals surface area (Å²) in [6.07, 6.45) is 5.69. The smallest absolute Gasteiger partial charge is 0.308 e. The predicted octanol–water partition coefficient (Wildman–Crippen LogP) is 4.67. The van der Waals surface area contributed by atoms with E-state index in [1.165, 1.54) is 6.08 Å². The third-order valence-electron chi connectivity index (χ3n) is 6.05. The van der Waals surface area contributed by atoms with Gasteiger partial charge in [0.1, 0.15) is 17.5 Å². The number of carboxylic acid groups (broad SMARTS) is 1. The predicted molar refractivity (Wildman–Crippen MR) is 148 cm³/mol. The van der Waals surface area contributed by atoms with Crippen LogP contribution in [0.5, 0.6) is 0 Å². The van der Waals surface area contributed by atoms with Crippen molar-refractivity contribution in [3.63, 3.8) is 0 Å². The van der Waals surface area contributed by atoms with Gasteiger partial charge in [0.05, 0.1) is 6.42 Å². The summed E-state index contributed by atoms with van der Waals surface area (Å²) in [6, 6.07) is 14.8. The molecule has 0 spiro atoms. The third kappa shape index (κ3) is 7.07. The molecule has 1 amide bonds. The number of halogens is 1. The third-order valence-corrected chi connectivity index (χ3v) is 6.30. The van der Waals surface area contributed by atoms with Crippen LogP contribution in [-0.4, -0.2) is 54.1 Å². The van der Waals surface area contributed by atoms with Crippen molar-refractivity contribution in [1.29, 1.82) is 0 Å². The van der Waals surface area contributed by atoms with Crippen molar-refractivity contribution in [2.24, 2.45) is 0 Å². The van der Waals surface area contributed by atoms with Gasteiger partial charge in [-0.25, -0.2) is 9.97 Å². The molecular formula is C28H30ClN5O3. The number of nitrogens with one attached hydrogen (secondary N) is 1. The SMILES string of the molecule is CN(C)c1nc(Cc2ccc(NC(=O)/C=C/c3ccc(Cl)cc3)cc2)nc(N2CCCC2)c1CC(=O)O. The summed E-state index contributed by atoms with van der Waals surface area (Å²) < 4.78 is 0. The van der Waals surface area contributed by atoms with E-state index in [0.717, 1.165) is 37.1 Å². The number of rotatable bonds is 9. The van der Waals surface area contributed by atoms with Crippen molar-refractivity contribution in [3.8, 4) is 0 Å². The van der Waals surface area contributed by atoms with E-state index in [1.54, 1.807) is 18.2 Å². The molecule has 37 heavy (non-hydrogen) atoms. The first-order valence-electron chi connectivity index (χ1n) is 12.2. The lowest BCUT2D eigenvalue weighted by Gasteiger charge is -2.24. The molecule has 0 atom stereocenters. The fourth-order valence-corrected chi connectivity index (χ4v) is 4.40. The number of hydrogen-bond acceptors (Lipinski definition) is 6. The summed E-state index contributed by atoms with van der Waals surface area (Å²) in [7, 11) is 3.73. The molecule has 4 rings (SSSR count).